The van der Waals surface area contributed by atoms with Crippen molar-refractivity contribution in [1.82, 2.24) is 20.1 Å². The van der Waals surface area contributed by atoms with Crippen molar-refractivity contribution in [2.75, 3.05) is 38.7 Å². The fourth-order valence-corrected chi connectivity index (χ4v) is 4.71. The summed E-state index contributed by atoms with van der Waals surface area (Å²) in [6, 6.07) is 1.67. The van der Waals surface area contributed by atoms with E-state index in [0.717, 1.165) is 18.8 Å². The fraction of sp³-hybridized carbons (Fsp3) is 0.640. The molecule has 10 nitrogen and oxygen atoms in total. The number of halogens is 4. The molecule has 1 aliphatic rings. The average molecular weight is 610 g/mol. The predicted molar refractivity (Wildman–Crippen MR) is 145 cm³/mol. The number of nitrogens with zero attached hydrogens (tertiary/aromatic N) is 3. The van der Waals surface area contributed by atoms with Gasteiger partial charge in [-0.3, -0.25) is 9.48 Å². The number of pyridine rings is 1. The van der Waals surface area contributed by atoms with Crippen LogP contribution in [0.25, 0.3) is 11.3 Å². The van der Waals surface area contributed by atoms with Crippen LogP contribution in [0.15, 0.2) is 12.3 Å². The molecule has 1 amide bonds. The number of alkyl halides is 3. The molecule has 2 N–H and O–H groups in total. The molecule has 40 heavy (non-hydrogen) atoms. The normalized spacial score (nSPS) is 17.0. The van der Waals surface area contributed by atoms with E-state index in [4.69, 9.17) is 24.8 Å². The Labute approximate surface area is 239 Å². The number of hydrogen-bond donors (Lipinski definition) is 2. The predicted octanol–water partition coefficient (Wildman–Crippen LogP) is 4.89. The summed E-state index contributed by atoms with van der Waals surface area (Å²) in [7, 11) is 1.51. The number of amides is 1. The number of hydrogen-bond acceptors (Lipinski definition) is 8. The quantitative estimate of drug-likeness (QED) is 0.326. The molecular weight excluding hydrogens is 575 g/mol. The molecule has 1 aliphatic carbocycles. The number of methoxy groups -OCH3 is 1. The Hall–Kier alpha value is -2.71. The third-order valence-electron chi connectivity index (χ3n) is 6.47. The van der Waals surface area contributed by atoms with E-state index in [9.17, 15) is 18.0 Å². The molecule has 0 unspecified atom stereocenters. The van der Waals surface area contributed by atoms with E-state index >= 15 is 0 Å². The van der Waals surface area contributed by atoms with Gasteiger partial charge in [-0.1, -0.05) is 31.4 Å². The van der Waals surface area contributed by atoms with Gasteiger partial charge in [-0.05, 0) is 38.0 Å². The summed E-state index contributed by atoms with van der Waals surface area (Å²) in [5.41, 5.74) is 1.25. The Morgan fingerprint density at radius 3 is 2.52 bits per heavy atom. The second-order valence-electron chi connectivity index (χ2n) is 9.45. The number of anilines is 1. The van der Waals surface area contributed by atoms with Crippen molar-refractivity contribution in [3.8, 4) is 17.0 Å². The standard InChI is InChI=1S/C25H35ClF3N5O3.O2S/c1-4-34-23(21(26)22(33-34)24(35)32-13-17-8-6-16(2)7-9-17)18-14-31-20(12-19(18)36-3)30-10-5-11-37-15-25(27,28)29;1-3-2/h12,14,16-17H,4-11,13,15H2,1-3H3,(H,30,31)(H,32,35);. The molecule has 224 valence electrons. The second kappa shape index (κ2) is 16.5. The highest BCUT2D eigenvalue weighted by Crippen LogP contribution is 2.37. The summed E-state index contributed by atoms with van der Waals surface area (Å²) >= 11 is 5.92. The smallest absolute Gasteiger partial charge is 0.411 e. The molecule has 0 saturated heterocycles. The molecule has 1 saturated carbocycles. The summed E-state index contributed by atoms with van der Waals surface area (Å²) in [5.74, 6) is 1.84. The van der Waals surface area contributed by atoms with Crippen molar-refractivity contribution in [3.63, 3.8) is 0 Å². The summed E-state index contributed by atoms with van der Waals surface area (Å²) in [5, 5.41) is 10.7. The van der Waals surface area contributed by atoms with Crippen LogP contribution in [0.3, 0.4) is 0 Å². The van der Waals surface area contributed by atoms with Gasteiger partial charge in [0.15, 0.2) is 5.69 Å². The number of aryl methyl sites for hydroxylation is 1. The van der Waals surface area contributed by atoms with E-state index in [0.29, 0.717) is 54.8 Å². The number of nitrogens with one attached hydrogen (secondary N) is 2. The molecule has 0 bridgehead atoms. The van der Waals surface area contributed by atoms with E-state index in [2.05, 4.69) is 32.4 Å². The lowest BCUT2D eigenvalue weighted by atomic mass is 9.83. The molecule has 0 spiro atoms. The summed E-state index contributed by atoms with van der Waals surface area (Å²) in [4.78, 5) is 17.3. The lowest BCUT2D eigenvalue weighted by Gasteiger charge is -2.26. The summed E-state index contributed by atoms with van der Waals surface area (Å²) < 4.78 is 64.8. The average Bonchev–Trinajstić information content (AvgIpc) is 3.25. The topological polar surface area (TPSA) is 124 Å². The van der Waals surface area contributed by atoms with Crippen LogP contribution in [0, 0.1) is 11.8 Å². The van der Waals surface area contributed by atoms with Gasteiger partial charge in [-0.25, -0.2) is 4.98 Å². The van der Waals surface area contributed by atoms with E-state index in [1.54, 1.807) is 16.9 Å². The summed E-state index contributed by atoms with van der Waals surface area (Å²) in [6.07, 6.45) is 2.18. The van der Waals surface area contributed by atoms with Gasteiger partial charge < -0.3 is 20.1 Å². The zero-order valence-corrected chi connectivity index (χ0v) is 24.3. The number of carbonyl (C=O) groups is 1. The van der Waals surface area contributed by atoms with Gasteiger partial charge >= 0.3 is 17.7 Å². The van der Waals surface area contributed by atoms with E-state index in [-0.39, 0.29) is 23.2 Å². The van der Waals surface area contributed by atoms with Crippen LogP contribution in [-0.2, 0) is 22.9 Å². The molecular formula is C25H35ClF3N5O5S. The van der Waals surface area contributed by atoms with E-state index in [1.807, 2.05) is 6.92 Å². The molecule has 15 heteroatoms. The highest BCUT2D eigenvalue weighted by Gasteiger charge is 2.27. The molecule has 0 aliphatic heterocycles. The number of rotatable bonds is 12. The minimum Gasteiger partial charge on any atom is -0.496 e. The highest BCUT2D eigenvalue weighted by atomic mass is 35.5. The minimum atomic E-state index is -4.33. The molecule has 1 fully saturated rings. The first kappa shape index (κ1) is 33.5. The SMILES string of the molecule is CCn1nc(C(=O)NCC2CCC(C)CC2)c(Cl)c1-c1cnc(NCCCOCC(F)(F)F)cc1OC.O=S=O. The number of ether oxygens (including phenoxy) is 2. The van der Waals surface area contributed by atoms with Crippen LogP contribution in [0.1, 0.15) is 56.4 Å². The van der Waals surface area contributed by atoms with Crippen molar-refractivity contribution >= 4 is 34.9 Å². The molecule has 0 aromatic carbocycles. The van der Waals surface area contributed by atoms with Gasteiger partial charge in [0.2, 0.25) is 0 Å². The molecule has 2 aromatic rings. The first-order valence-electron chi connectivity index (χ1n) is 12.9. The Bertz CT molecular complexity index is 1140. The molecule has 2 aromatic heterocycles. The molecule has 0 atom stereocenters. The molecule has 0 radical (unpaired) electrons. The van der Waals surface area contributed by atoms with Crippen LogP contribution >= 0.6 is 11.6 Å². The van der Waals surface area contributed by atoms with Crippen LogP contribution in [0.4, 0.5) is 19.0 Å². The lowest BCUT2D eigenvalue weighted by Crippen LogP contribution is -2.31. The second-order valence-corrected chi connectivity index (χ2v) is 9.96. The monoisotopic (exact) mass is 609 g/mol. The zero-order valence-electron chi connectivity index (χ0n) is 22.7. The molecule has 3 rings (SSSR count). The van der Waals surface area contributed by atoms with Gasteiger partial charge in [0.25, 0.3) is 5.91 Å². The highest BCUT2D eigenvalue weighted by molar-refractivity contribution is 7.51. The van der Waals surface area contributed by atoms with Crippen molar-refractivity contribution in [1.29, 1.82) is 0 Å². The van der Waals surface area contributed by atoms with E-state index in [1.165, 1.54) is 20.0 Å². The largest absolute Gasteiger partial charge is 0.496 e. The van der Waals surface area contributed by atoms with Crippen molar-refractivity contribution in [2.45, 2.75) is 58.7 Å². The van der Waals surface area contributed by atoms with Crippen LogP contribution in [0.2, 0.25) is 5.02 Å². The number of carbonyl (C=O) groups excluding carboxylic acids is 1. The van der Waals surface area contributed by atoms with Crippen LogP contribution in [-0.4, -0.2) is 68.7 Å². The first-order chi connectivity index (χ1) is 19.0. The minimum absolute atomic E-state index is 0.0300. The fourth-order valence-electron chi connectivity index (χ4n) is 4.38. The Morgan fingerprint density at radius 2 is 1.93 bits per heavy atom. The van der Waals surface area contributed by atoms with Crippen molar-refractivity contribution in [3.05, 3.63) is 23.0 Å². The third-order valence-corrected chi connectivity index (χ3v) is 6.83. The number of aromatic nitrogens is 3. The van der Waals surface area contributed by atoms with Crippen molar-refractivity contribution < 1.29 is 35.9 Å². The Balaban J connectivity index is 0.00000178. The van der Waals surface area contributed by atoms with E-state index < -0.39 is 24.4 Å². The van der Waals surface area contributed by atoms with Gasteiger partial charge in [0.05, 0.1) is 23.4 Å². The van der Waals surface area contributed by atoms with Gasteiger partial charge in [0, 0.05) is 38.5 Å². The maximum atomic E-state index is 12.9. The van der Waals surface area contributed by atoms with Gasteiger partial charge in [-0.15, -0.1) is 0 Å². The maximum Gasteiger partial charge on any atom is 0.411 e. The third kappa shape index (κ3) is 10.4. The zero-order chi connectivity index (χ0) is 29.7. The first-order valence-corrected chi connectivity index (χ1v) is 14.0. The van der Waals surface area contributed by atoms with Crippen molar-refractivity contribution in [2.24, 2.45) is 11.8 Å². The lowest BCUT2D eigenvalue weighted by molar-refractivity contribution is -0.173. The Kier molecular flexibility index (Phi) is 13.8. The maximum absolute atomic E-state index is 12.9. The van der Waals surface area contributed by atoms with Gasteiger partial charge in [0.1, 0.15) is 18.2 Å². The van der Waals surface area contributed by atoms with Gasteiger partial charge in [-0.2, -0.15) is 26.7 Å². The molecule has 2 heterocycles. The van der Waals surface area contributed by atoms with Crippen LogP contribution in [0.5, 0.6) is 5.75 Å². The van der Waals surface area contributed by atoms with Crippen LogP contribution < -0.4 is 15.4 Å². The Morgan fingerprint density at radius 1 is 1.25 bits per heavy atom. The summed E-state index contributed by atoms with van der Waals surface area (Å²) in [6.45, 7) is 4.31.